The molecule has 1 aliphatic carbocycles. The molecule has 5 heteroatoms. The minimum absolute atomic E-state index is 0.0000104. The van der Waals surface area contributed by atoms with E-state index in [4.69, 9.17) is 5.73 Å². The third-order valence-electron chi connectivity index (χ3n) is 4.24. The van der Waals surface area contributed by atoms with E-state index in [-0.39, 0.29) is 6.04 Å². The van der Waals surface area contributed by atoms with Crippen LogP contribution in [0.3, 0.4) is 0 Å². The Bertz CT molecular complexity index is 565. The first-order chi connectivity index (χ1) is 9.47. The Hall–Kier alpha value is -0.910. The van der Waals surface area contributed by atoms with Crippen molar-refractivity contribution in [2.75, 3.05) is 0 Å². The van der Waals surface area contributed by atoms with Gasteiger partial charge in [0.1, 0.15) is 0 Å². The number of nitrogens with one attached hydrogen (secondary N) is 1. The monoisotopic (exact) mass is 296 g/mol. The summed E-state index contributed by atoms with van der Waals surface area (Å²) in [4.78, 5) is 0.383. The molecule has 1 aromatic rings. The van der Waals surface area contributed by atoms with Crippen molar-refractivity contribution in [3.63, 3.8) is 0 Å². The molecule has 1 aromatic carbocycles. The van der Waals surface area contributed by atoms with Crippen molar-refractivity contribution in [3.8, 4) is 0 Å². The summed E-state index contributed by atoms with van der Waals surface area (Å²) in [6.07, 6.45) is 4.14. The highest BCUT2D eigenvalue weighted by Crippen LogP contribution is 2.30. The lowest BCUT2D eigenvalue weighted by molar-refractivity contribution is 0.260. The van der Waals surface area contributed by atoms with Crippen molar-refractivity contribution in [1.82, 2.24) is 4.72 Å². The van der Waals surface area contributed by atoms with E-state index in [1.165, 1.54) is 6.42 Å². The van der Waals surface area contributed by atoms with Crippen molar-refractivity contribution in [3.05, 3.63) is 29.3 Å². The van der Waals surface area contributed by atoms with Crippen LogP contribution in [0.4, 0.5) is 0 Å². The van der Waals surface area contributed by atoms with Gasteiger partial charge in [-0.05, 0) is 49.3 Å². The van der Waals surface area contributed by atoms with Crippen molar-refractivity contribution < 1.29 is 8.42 Å². The topological polar surface area (TPSA) is 72.2 Å². The molecule has 0 aromatic heterocycles. The lowest BCUT2D eigenvalue weighted by atomic mass is 9.81. The van der Waals surface area contributed by atoms with Crippen LogP contribution in [0.2, 0.25) is 0 Å². The molecule has 0 aliphatic heterocycles. The van der Waals surface area contributed by atoms with Crippen LogP contribution in [0.1, 0.15) is 44.2 Å². The third kappa shape index (κ3) is 3.22. The van der Waals surface area contributed by atoms with E-state index < -0.39 is 10.0 Å². The standard InChI is InChI=1S/C15H24N2O2S/c1-3-13-8-7-12(10-16)9-15(13)20(18,19)17-11(2)14-5-4-6-14/h7-9,11,14,17H,3-6,10,16H2,1-2H3. The van der Waals surface area contributed by atoms with Crippen LogP contribution in [-0.2, 0) is 23.0 Å². The fraction of sp³-hybridized carbons (Fsp3) is 0.600. The Morgan fingerprint density at radius 1 is 1.40 bits per heavy atom. The first-order valence-electron chi connectivity index (χ1n) is 7.32. The summed E-state index contributed by atoms with van der Waals surface area (Å²) in [5, 5.41) is 0. The van der Waals surface area contributed by atoms with E-state index in [1.54, 1.807) is 6.07 Å². The van der Waals surface area contributed by atoms with Gasteiger partial charge in [-0.1, -0.05) is 25.5 Å². The lowest BCUT2D eigenvalue weighted by Gasteiger charge is -2.31. The minimum Gasteiger partial charge on any atom is -0.326 e. The van der Waals surface area contributed by atoms with Crippen LogP contribution in [0.5, 0.6) is 0 Å². The molecule has 2 rings (SSSR count). The number of rotatable bonds is 6. The number of sulfonamides is 1. The van der Waals surface area contributed by atoms with Crippen molar-refractivity contribution in [2.24, 2.45) is 11.7 Å². The normalized spacial score (nSPS) is 17.8. The van der Waals surface area contributed by atoms with Gasteiger partial charge >= 0.3 is 0 Å². The van der Waals surface area contributed by atoms with Crippen LogP contribution in [-0.4, -0.2) is 14.5 Å². The largest absolute Gasteiger partial charge is 0.326 e. The Labute approximate surface area is 121 Å². The molecule has 1 saturated carbocycles. The summed E-state index contributed by atoms with van der Waals surface area (Å²) in [5.41, 5.74) is 7.31. The van der Waals surface area contributed by atoms with Crippen molar-refractivity contribution in [1.29, 1.82) is 0 Å². The van der Waals surface area contributed by atoms with Gasteiger partial charge in [0.2, 0.25) is 10.0 Å². The number of aryl methyl sites for hydroxylation is 1. The van der Waals surface area contributed by atoms with Gasteiger partial charge in [0, 0.05) is 12.6 Å². The Morgan fingerprint density at radius 2 is 2.10 bits per heavy atom. The molecule has 1 unspecified atom stereocenters. The van der Waals surface area contributed by atoms with E-state index in [0.717, 1.165) is 24.0 Å². The van der Waals surface area contributed by atoms with Gasteiger partial charge in [-0.25, -0.2) is 13.1 Å². The molecule has 4 nitrogen and oxygen atoms in total. The first-order valence-corrected chi connectivity index (χ1v) is 8.80. The van der Waals surface area contributed by atoms with Crippen LogP contribution >= 0.6 is 0 Å². The number of hydrogen-bond acceptors (Lipinski definition) is 3. The van der Waals surface area contributed by atoms with Crippen LogP contribution in [0.15, 0.2) is 23.1 Å². The summed E-state index contributed by atoms with van der Waals surface area (Å²) in [6.45, 7) is 4.27. The molecule has 3 N–H and O–H groups in total. The predicted molar refractivity (Wildman–Crippen MR) is 80.8 cm³/mol. The summed E-state index contributed by atoms with van der Waals surface area (Å²) in [5.74, 6) is 0.479. The lowest BCUT2D eigenvalue weighted by Crippen LogP contribution is -2.40. The second-order valence-electron chi connectivity index (χ2n) is 5.60. The average molecular weight is 296 g/mol. The Balaban J connectivity index is 2.27. The van der Waals surface area contributed by atoms with Gasteiger partial charge in [0.05, 0.1) is 4.90 Å². The highest BCUT2D eigenvalue weighted by Gasteiger charge is 2.28. The quantitative estimate of drug-likeness (QED) is 0.845. The molecule has 20 heavy (non-hydrogen) atoms. The Morgan fingerprint density at radius 3 is 2.60 bits per heavy atom. The highest BCUT2D eigenvalue weighted by atomic mass is 32.2. The van der Waals surface area contributed by atoms with Crippen LogP contribution in [0, 0.1) is 5.92 Å². The second-order valence-corrected chi connectivity index (χ2v) is 7.28. The molecule has 1 aliphatic rings. The number of nitrogens with two attached hydrogens (primary N) is 1. The van der Waals surface area contributed by atoms with Gasteiger partial charge in [0.25, 0.3) is 0 Å². The number of hydrogen-bond donors (Lipinski definition) is 2. The fourth-order valence-corrected chi connectivity index (χ4v) is 4.29. The third-order valence-corrected chi connectivity index (χ3v) is 5.88. The Kier molecular flexibility index (Phi) is 4.83. The molecule has 1 atom stereocenters. The van der Waals surface area contributed by atoms with Gasteiger partial charge in [-0.2, -0.15) is 0 Å². The molecule has 0 amide bonds. The fourth-order valence-electron chi connectivity index (χ4n) is 2.61. The van der Waals surface area contributed by atoms with Gasteiger partial charge in [-0.3, -0.25) is 0 Å². The zero-order valence-corrected chi connectivity index (χ0v) is 13.0. The van der Waals surface area contributed by atoms with E-state index in [2.05, 4.69) is 4.72 Å². The van der Waals surface area contributed by atoms with E-state index in [1.807, 2.05) is 26.0 Å². The van der Waals surface area contributed by atoms with E-state index in [0.29, 0.717) is 23.8 Å². The average Bonchev–Trinajstić information content (AvgIpc) is 2.35. The maximum Gasteiger partial charge on any atom is 0.241 e. The zero-order valence-electron chi connectivity index (χ0n) is 12.2. The summed E-state index contributed by atoms with van der Waals surface area (Å²) in [6, 6.07) is 5.46. The van der Waals surface area contributed by atoms with Crippen LogP contribution < -0.4 is 10.5 Å². The van der Waals surface area contributed by atoms with E-state index >= 15 is 0 Å². The number of benzene rings is 1. The maximum atomic E-state index is 12.6. The summed E-state index contributed by atoms with van der Waals surface area (Å²) >= 11 is 0. The SMILES string of the molecule is CCc1ccc(CN)cc1S(=O)(=O)NC(C)C1CCC1. The van der Waals surface area contributed by atoms with Crippen molar-refractivity contribution >= 4 is 10.0 Å². The molecule has 112 valence electrons. The molecule has 0 radical (unpaired) electrons. The summed E-state index contributed by atoms with van der Waals surface area (Å²) < 4.78 is 28.0. The van der Waals surface area contributed by atoms with Gasteiger partial charge in [0.15, 0.2) is 0 Å². The molecular formula is C15H24N2O2S. The zero-order chi connectivity index (χ0) is 14.8. The van der Waals surface area contributed by atoms with Gasteiger partial charge in [-0.15, -0.1) is 0 Å². The molecular weight excluding hydrogens is 272 g/mol. The smallest absolute Gasteiger partial charge is 0.241 e. The molecule has 0 spiro atoms. The van der Waals surface area contributed by atoms with Gasteiger partial charge < -0.3 is 5.73 Å². The minimum atomic E-state index is -3.46. The maximum absolute atomic E-state index is 12.6. The molecule has 1 fully saturated rings. The highest BCUT2D eigenvalue weighted by molar-refractivity contribution is 7.89. The van der Waals surface area contributed by atoms with Crippen LogP contribution in [0.25, 0.3) is 0 Å². The predicted octanol–water partition coefficient (Wildman–Crippen LogP) is 2.17. The molecule has 0 saturated heterocycles. The summed E-state index contributed by atoms with van der Waals surface area (Å²) in [7, 11) is -3.46. The molecule has 0 heterocycles. The van der Waals surface area contributed by atoms with Crippen molar-refractivity contribution in [2.45, 2.75) is 57.0 Å². The van der Waals surface area contributed by atoms with E-state index in [9.17, 15) is 8.42 Å². The first kappa shape index (κ1) is 15.5. The molecule has 0 bridgehead atoms. The second kappa shape index (κ2) is 6.24.